The molecule has 1 aromatic rings. The van der Waals surface area contributed by atoms with E-state index in [1.165, 1.54) is 6.20 Å². The summed E-state index contributed by atoms with van der Waals surface area (Å²) in [6, 6.07) is 1.59. The lowest BCUT2D eigenvalue weighted by atomic mass is 10.2. The zero-order chi connectivity index (χ0) is 12.1. The maximum absolute atomic E-state index is 8.66. The average molecular weight is 260 g/mol. The summed E-state index contributed by atoms with van der Waals surface area (Å²) in [5, 5.41) is 12.0. The fraction of sp³-hybridized carbons (Fsp3) is 0.200. The molecule has 0 saturated carbocycles. The second-order valence-corrected chi connectivity index (χ2v) is 3.88. The molecular formula is C10H11Cl2N3O. The molecule has 0 aliphatic carbocycles. The molecule has 0 saturated heterocycles. The fourth-order valence-electron chi connectivity index (χ4n) is 1.22. The van der Waals surface area contributed by atoms with Gasteiger partial charge in [-0.05, 0) is 6.07 Å². The molecule has 0 amide bonds. The quantitative estimate of drug-likeness (QED) is 0.392. The zero-order valence-electron chi connectivity index (χ0n) is 8.69. The number of hydrogen-bond donors (Lipinski definition) is 1. The second-order valence-electron chi connectivity index (χ2n) is 3.08. The number of hydrogen-bond acceptors (Lipinski definition) is 4. The Morgan fingerprint density at radius 2 is 2.44 bits per heavy atom. The number of nitrogens with zero attached hydrogens (tertiary/aromatic N) is 3. The number of anilines is 1. The third-order valence-corrected chi connectivity index (χ3v) is 2.39. The van der Waals surface area contributed by atoms with E-state index in [0.717, 1.165) is 0 Å². The first-order valence-electron chi connectivity index (χ1n) is 4.45. The van der Waals surface area contributed by atoms with E-state index in [-0.39, 0.29) is 5.17 Å². The first-order chi connectivity index (χ1) is 7.60. The van der Waals surface area contributed by atoms with Crippen LogP contribution in [0.25, 0.3) is 0 Å². The van der Waals surface area contributed by atoms with Gasteiger partial charge in [-0.2, -0.15) is 0 Å². The van der Waals surface area contributed by atoms with Gasteiger partial charge in [0.1, 0.15) is 5.82 Å². The van der Waals surface area contributed by atoms with Crippen molar-refractivity contribution in [2.24, 2.45) is 5.16 Å². The molecule has 86 valence electrons. The van der Waals surface area contributed by atoms with E-state index in [2.05, 4.69) is 16.7 Å². The van der Waals surface area contributed by atoms with Gasteiger partial charge in [0, 0.05) is 19.8 Å². The summed E-state index contributed by atoms with van der Waals surface area (Å²) in [4.78, 5) is 5.95. The average Bonchev–Trinajstić information content (AvgIpc) is 2.28. The summed E-state index contributed by atoms with van der Waals surface area (Å²) in [5.74, 6) is 0.576. The van der Waals surface area contributed by atoms with Crippen LogP contribution in [0.3, 0.4) is 0 Å². The van der Waals surface area contributed by atoms with Gasteiger partial charge in [-0.1, -0.05) is 34.4 Å². The van der Waals surface area contributed by atoms with Crippen LogP contribution >= 0.6 is 23.2 Å². The maximum atomic E-state index is 8.66. The maximum Gasteiger partial charge on any atom is 0.179 e. The van der Waals surface area contributed by atoms with Crippen molar-refractivity contribution in [1.82, 2.24) is 4.98 Å². The number of rotatable bonds is 4. The molecule has 1 N–H and O–H groups in total. The molecule has 0 aliphatic rings. The van der Waals surface area contributed by atoms with Crippen LogP contribution in [0.5, 0.6) is 0 Å². The molecule has 0 fully saturated rings. The Morgan fingerprint density at radius 3 is 3.00 bits per heavy atom. The molecule has 6 heteroatoms. The molecule has 1 heterocycles. The van der Waals surface area contributed by atoms with E-state index in [9.17, 15) is 0 Å². The standard InChI is InChI=1S/C10H11Cl2N3O/c1-3-4-15(2)10-8(9(12)14-16)5-7(11)6-13-10/h3,5-6,16H,1,4H2,2H3/b14-9-. The van der Waals surface area contributed by atoms with Crippen molar-refractivity contribution in [3.05, 3.63) is 35.5 Å². The van der Waals surface area contributed by atoms with Crippen LogP contribution in [-0.4, -0.2) is 29.0 Å². The third kappa shape index (κ3) is 2.87. The first kappa shape index (κ1) is 12.8. The third-order valence-electron chi connectivity index (χ3n) is 1.91. The lowest BCUT2D eigenvalue weighted by Crippen LogP contribution is -2.20. The van der Waals surface area contributed by atoms with Crippen molar-refractivity contribution < 1.29 is 5.21 Å². The zero-order valence-corrected chi connectivity index (χ0v) is 10.2. The van der Waals surface area contributed by atoms with E-state index >= 15 is 0 Å². The van der Waals surface area contributed by atoms with Gasteiger partial charge in [-0.15, -0.1) is 6.58 Å². The number of halogens is 2. The number of likely N-dealkylation sites (N-methyl/N-ethyl adjacent to an activating group) is 1. The van der Waals surface area contributed by atoms with Crippen molar-refractivity contribution in [3.63, 3.8) is 0 Å². The van der Waals surface area contributed by atoms with Crippen molar-refractivity contribution in [2.75, 3.05) is 18.5 Å². The molecule has 16 heavy (non-hydrogen) atoms. The van der Waals surface area contributed by atoms with Gasteiger partial charge in [0.25, 0.3) is 0 Å². The van der Waals surface area contributed by atoms with Crippen LogP contribution in [0.1, 0.15) is 5.56 Å². The lowest BCUT2D eigenvalue weighted by molar-refractivity contribution is 0.321. The van der Waals surface area contributed by atoms with E-state index in [1.54, 1.807) is 12.1 Å². The summed E-state index contributed by atoms with van der Waals surface area (Å²) in [5.41, 5.74) is 0.473. The van der Waals surface area contributed by atoms with Crippen LogP contribution in [-0.2, 0) is 0 Å². The van der Waals surface area contributed by atoms with Crippen LogP contribution in [0.2, 0.25) is 5.02 Å². The highest BCUT2D eigenvalue weighted by Gasteiger charge is 2.13. The van der Waals surface area contributed by atoms with Gasteiger partial charge in [-0.3, -0.25) is 0 Å². The minimum atomic E-state index is -0.0547. The molecule has 0 spiro atoms. The number of aromatic nitrogens is 1. The van der Waals surface area contributed by atoms with Gasteiger partial charge < -0.3 is 10.1 Å². The summed E-state index contributed by atoms with van der Waals surface area (Å²) in [6.07, 6.45) is 3.23. The van der Waals surface area contributed by atoms with Crippen LogP contribution in [0.4, 0.5) is 5.82 Å². The van der Waals surface area contributed by atoms with Gasteiger partial charge in [0.2, 0.25) is 0 Å². The highest BCUT2D eigenvalue weighted by atomic mass is 35.5. The Bertz CT molecular complexity index is 421. The van der Waals surface area contributed by atoms with Crippen LogP contribution in [0, 0.1) is 0 Å². The van der Waals surface area contributed by atoms with E-state index < -0.39 is 0 Å². The van der Waals surface area contributed by atoms with Gasteiger partial charge in [0.05, 0.1) is 10.6 Å². The number of oxime groups is 1. The van der Waals surface area contributed by atoms with Crippen molar-refractivity contribution >= 4 is 34.2 Å². The Hall–Kier alpha value is -1.26. The Morgan fingerprint density at radius 1 is 1.75 bits per heavy atom. The van der Waals surface area contributed by atoms with Gasteiger partial charge >= 0.3 is 0 Å². The van der Waals surface area contributed by atoms with Gasteiger partial charge in [0.15, 0.2) is 5.17 Å². The Labute approximate surface area is 104 Å². The Balaban J connectivity index is 3.22. The van der Waals surface area contributed by atoms with E-state index in [0.29, 0.717) is 22.9 Å². The predicted octanol–water partition coefficient (Wildman–Crippen LogP) is 2.73. The largest absolute Gasteiger partial charge is 0.410 e. The summed E-state index contributed by atoms with van der Waals surface area (Å²) in [6.45, 7) is 4.22. The smallest absolute Gasteiger partial charge is 0.179 e. The van der Waals surface area contributed by atoms with E-state index in [4.69, 9.17) is 28.4 Å². The molecule has 0 aromatic carbocycles. The molecule has 1 rings (SSSR count). The normalized spacial score (nSPS) is 11.3. The number of pyridine rings is 1. The summed E-state index contributed by atoms with van der Waals surface area (Å²) < 4.78 is 0. The monoisotopic (exact) mass is 259 g/mol. The molecule has 4 nitrogen and oxygen atoms in total. The van der Waals surface area contributed by atoms with Crippen LogP contribution in [0.15, 0.2) is 30.1 Å². The van der Waals surface area contributed by atoms with Crippen molar-refractivity contribution in [2.45, 2.75) is 0 Å². The predicted molar refractivity (Wildman–Crippen MR) is 66.9 cm³/mol. The SMILES string of the molecule is C=CCN(C)c1ncc(Cl)cc1/C(Cl)=N/O. The summed E-state index contributed by atoms with van der Waals surface area (Å²) >= 11 is 11.6. The van der Waals surface area contributed by atoms with Crippen molar-refractivity contribution in [1.29, 1.82) is 0 Å². The minimum absolute atomic E-state index is 0.0547. The topological polar surface area (TPSA) is 48.7 Å². The second kappa shape index (κ2) is 5.72. The highest BCUT2D eigenvalue weighted by Crippen LogP contribution is 2.22. The fourth-order valence-corrected chi connectivity index (χ4v) is 1.52. The van der Waals surface area contributed by atoms with Crippen LogP contribution < -0.4 is 4.90 Å². The molecule has 1 aromatic heterocycles. The lowest BCUT2D eigenvalue weighted by Gasteiger charge is -2.18. The van der Waals surface area contributed by atoms with E-state index in [1.807, 2.05) is 11.9 Å². The molecule has 0 atom stereocenters. The van der Waals surface area contributed by atoms with Gasteiger partial charge in [-0.25, -0.2) is 4.98 Å². The van der Waals surface area contributed by atoms with Crippen molar-refractivity contribution in [3.8, 4) is 0 Å². The highest BCUT2D eigenvalue weighted by molar-refractivity contribution is 6.70. The Kier molecular flexibility index (Phi) is 4.58. The molecule has 0 bridgehead atoms. The molecule has 0 radical (unpaired) electrons. The first-order valence-corrected chi connectivity index (χ1v) is 5.21. The molecule has 0 aliphatic heterocycles. The molecule has 0 unspecified atom stereocenters. The minimum Gasteiger partial charge on any atom is -0.410 e. The molecular weight excluding hydrogens is 249 g/mol. The summed E-state index contributed by atoms with van der Waals surface area (Å²) in [7, 11) is 1.82.